The zero-order chi connectivity index (χ0) is 17.3. The highest BCUT2D eigenvalue weighted by Crippen LogP contribution is 2.19. The number of rotatable bonds is 9. The summed E-state index contributed by atoms with van der Waals surface area (Å²) in [4.78, 5) is 0.291. The van der Waals surface area contributed by atoms with Crippen LogP contribution in [0.1, 0.15) is 31.7 Å². The Bertz CT molecular complexity index is 704. The van der Waals surface area contributed by atoms with Crippen LogP contribution in [0.25, 0.3) is 0 Å². The minimum atomic E-state index is -3.57. The molecule has 1 aromatic carbocycles. The van der Waals surface area contributed by atoms with E-state index in [9.17, 15) is 8.42 Å². The predicted molar refractivity (Wildman–Crippen MR) is 95.8 cm³/mol. The molecule has 0 bridgehead atoms. The van der Waals surface area contributed by atoms with Crippen LogP contribution in [0.2, 0.25) is 0 Å². The largest absolute Gasteiger partial charge is 0.243 e. The van der Waals surface area contributed by atoms with Crippen molar-refractivity contribution < 1.29 is 8.42 Å². The molecule has 0 radical (unpaired) electrons. The van der Waals surface area contributed by atoms with Gasteiger partial charge >= 0.3 is 0 Å². The third-order valence-corrected chi connectivity index (χ3v) is 5.37. The monoisotopic (exact) mass is 331 g/mol. The molecule has 0 unspecified atom stereocenters. The maximum absolute atomic E-state index is 12.9. The molecule has 3 nitrogen and oxygen atoms in total. The van der Waals surface area contributed by atoms with Crippen molar-refractivity contribution in [2.75, 3.05) is 13.1 Å². The van der Waals surface area contributed by atoms with E-state index in [-0.39, 0.29) is 13.1 Å². The number of unbranched alkanes of at least 4 members (excludes halogenated alkanes) is 1. The van der Waals surface area contributed by atoms with Crippen LogP contribution in [-0.2, 0) is 10.0 Å². The molecule has 0 aliphatic heterocycles. The van der Waals surface area contributed by atoms with Crippen LogP contribution in [-0.4, -0.2) is 25.8 Å². The first kappa shape index (κ1) is 19.2. The molecule has 1 aromatic rings. The van der Waals surface area contributed by atoms with Crippen LogP contribution in [0.15, 0.2) is 65.4 Å². The molecular weight excluding hydrogens is 306 g/mol. The topological polar surface area (TPSA) is 37.4 Å². The van der Waals surface area contributed by atoms with Gasteiger partial charge in [0, 0.05) is 13.1 Å². The molecule has 23 heavy (non-hydrogen) atoms. The van der Waals surface area contributed by atoms with Crippen LogP contribution >= 0.6 is 0 Å². The van der Waals surface area contributed by atoms with Gasteiger partial charge in [0.1, 0.15) is 0 Å². The predicted octanol–water partition coefficient (Wildman–Crippen LogP) is 4.23. The summed E-state index contributed by atoms with van der Waals surface area (Å²) in [7, 11) is -3.57. The SMILES string of the molecule is C=C=CCN(CC(=C=C)CCCC)S(=O)(=O)c1ccc(C)cc1. The van der Waals surface area contributed by atoms with Gasteiger partial charge in [-0.2, -0.15) is 4.31 Å². The maximum atomic E-state index is 12.9. The summed E-state index contributed by atoms with van der Waals surface area (Å²) >= 11 is 0. The van der Waals surface area contributed by atoms with Gasteiger partial charge in [0.2, 0.25) is 10.0 Å². The fourth-order valence-corrected chi connectivity index (χ4v) is 3.47. The molecule has 0 atom stereocenters. The van der Waals surface area contributed by atoms with Crippen molar-refractivity contribution in [1.29, 1.82) is 0 Å². The highest BCUT2D eigenvalue weighted by Gasteiger charge is 2.24. The van der Waals surface area contributed by atoms with Crippen molar-refractivity contribution in [2.24, 2.45) is 0 Å². The molecular formula is C19H25NO2S. The average Bonchev–Trinajstić information content (AvgIpc) is 2.54. The fourth-order valence-electron chi connectivity index (χ4n) is 2.10. The molecule has 0 aliphatic carbocycles. The summed E-state index contributed by atoms with van der Waals surface area (Å²) in [6, 6.07) is 6.88. The molecule has 0 saturated heterocycles. The number of nitrogens with zero attached hydrogens (tertiary/aromatic N) is 1. The van der Waals surface area contributed by atoms with E-state index in [0.717, 1.165) is 30.4 Å². The number of benzene rings is 1. The summed E-state index contributed by atoms with van der Waals surface area (Å²) in [5, 5.41) is 0. The smallest absolute Gasteiger partial charge is 0.207 e. The van der Waals surface area contributed by atoms with Gasteiger partial charge < -0.3 is 0 Å². The molecule has 0 spiro atoms. The molecule has 0 heterocycles. The van der Waals surface area contributed by atoms with Gasteiger partial charge in [-0.3, -0.25) is 0 Å². The molecule has 0 amide bonds. The molecule has 0 saturated carbocycles. The Morgan fingerprint density at radius 2 is 1.91 bits per heavy atom. The molecule has 4 heteroatoms. The quantitative estimate of drug-likeness (QED) is 0.635. The van der Waals surface area contributed by atoms with Gasteiger partial charge in [-0.25, -0.2) is 8.42 Å². The van der Waals surface area contributed by atoms with Gasteiger partial charge in [0.25, 0.3) is 0 Å². The van der Waals surface area contributed by atoms with E-state index in [0.29, 0.717) is 4.90 Å². The van der Waals surface area contributed by atoms with Gasteiger partial charge in [-0.05, 0) is 43.5 Å². The molecule has 0 N–H and O–H groups in total. The lowest BCUT2D eigenvalue weighted by Crippen LogP contribution is -2.33. The standard InChI is InChI=1S/C19H25NO2S/c1-5-8-10-18(7-3)16-20(15-9-6-2)23(21,22)19-13-11-17(4)12-14-19/h9,11-14H,2-3,5,8,10,15-16H2,1,4H3. The minimum absolute atomic E-state index is 0.233. The number of hydrogen-bond acceptors (Lipinski definition) is 2. The second-order valence-corrected chi connectivity index (χ2v) is 7.34. The summed E-state index contributed by atoms with van der Waals surface area (Å²) in [6.07, 6.45) is 4.46. The first-order chi connectivity index (χ1) is 11.0. The van der Waals surface area contributed by atoms with Crippen LogP contribution in [0.5, 0.6) is 0 Å². The average molecular weight is 331 g/mol. The maximum Gasteiger partial charge on any atom is 0.243 e. The Hall–Kier alpha value is -1.83. The third-order valence-electron chi connectivity index (χ3n) is 3.55. The Morgan fingerprint density at radius 3 is 2.43 bits per heavy atom. The minimum Gasteiger partial charge on any atom is -0.207 e. The van der Waals surface area contributed by atoms with Crippen molar-refractivity contribution in [1.82, 2.24) is 4.31 Å². The van der Waals surface area contributed by atoms with Gasteiger partial charge in [0.15, 0.2) is 0 Å². The fraction of sp³-hybridized carbons (Fsp3) is 0.368. The van der Waals surface area contributed by atoms with Crippen LogP contribution in [0, 0.1) is 6.92 Å². The summed E-state index contributed by atoms with van der Waals surface area (Å²) in [6.45, 7) is 11.8. The molecule has 0 fully saturated rings. The van der Waals surface area contributed by atoms with Crippen molar-refractivity contribution in [3.8, 4) is 0 Å². The van der Waals surface area contributed by atoms with Crippen molar-refractivity contribution in [2.45, 2.75) is 38.0 Å². The molecule has 124 valence electrons. The zero-order valence-corrected chi connectivity index (χ0v) is 14.8. The zero-order valence-electron chi connectivity index (χ0n) is 14.0. The Balaban J connectivity index is 3.11. The highest BCUT2D eigenvalue weighted by molar-refractivity contribution is 7.89. The lowest BCUT2D eigenvalue weighted by molar-refractivity contribution is 0.461. The normalized spacial score (nSPS) is 10.9. The second kappa shape index (κ2) is 9.34. The lowest BCUT2D eigenvalue weighted by Gasteiger charge is -2.21. The third kappa shape index (κ3) is 5.70. The Kier molecular flexibility index (Phi) is 7.80. The van der Waals surface area contributed by atoms with E-state index in [2.05, 4.69) is 31.5 Å². The van der Waals surface area contributed by atoms with Gasteiger partial charge in [-0.1, -0.05) is 44.2 Å². The van der Waals surface area contributed by atoms with E-state index in [1.807, 2.05) is 6.92 Å². The van der Waals surface area contributed by atoms with Gasteiger partial charge in [-0.15, -0.1) is 11.5 Å². The summed E-state index contributed by atoms with van der Waals surface area (Å²) < 4.78 is 27.2. The van der Waals surface area contributed by atoms with E-state index in [1.165, 1.54) is 4.31 Å². The van der Waals surface area contributed by atoms with E-state index < -0.39 is 10.0 Å². The lowest BCUT2D eigenvalue weighted by atomic mass is 10.1. The summed E-state index contributed by atoms with van der Waals surface area (Å²) in [5.74, 6) is 0. The van der Waals surface area contributed by atoms with Gasteiger partial charge in [0.05, 0.1) is 4.90 Å². The highest BCUT2D eigenvalue weighted by atomic mass is 32.2. The van der Waals surface area contributed by atoms with E-state index >= 15 is 0 Å². The molecule has 1 rings (SSSR count). The van der Waals surface area contributed by atoms with Crippen molar-refractivity contribution >= 4 is 10.0 Å². The summed E-state index contributed by atoms with van der Waals surface area (Å²) in [5.41, 5.74) is 7.45. The van der Waals surface area contributed by atoms with E-state index in [1.54, 1.807) is 30.3 Å². The van der Waals surface area contributed by atoms with Crippen molar-refractivity contribution in [3.63, 3.8) is 0 Å². The molecule has 0 aromatic heterocycles. The first-order valence-corrected chi connectivity index (χ1v) is 9.18. The Morgan fingerprint density at radius 1 is 1.26 bits per heavy atom. The van der Waals surface area contributed by atoms with Crippen LogP contribution in [0.4, 0.5) is 0 Å². The van der Waals surface area contributed by atoms with Crippen LogP contribution < -0.4 is 0 Å². The number of sulfonamides is 1. The van der Waals surface area contributed by atoms with E-state index in [4.69, 9.17) is 0 Å². The Labute approximate surface area is 140 Å². The number of hydrogen-bond donors (Lipinski definition) is 0. The molecule has 0 aliphatic rings. The number of aryl methyl sites for hydroxylation is 1. The van der Waals surface area contributed by atoms with Crippen LogP contribution in [0.3, 0.4) is 0 Å². The van der Waals surface area contributed by atoms with Crippen molar-refractivity contribution in [3.05, 3.63) is 66.1 Å². The first-order valence-electron chi connectivity index (χ1n) is 7.74. The second-order valence-electron chi connectivity index (χ2n) is 5.40.